The van der Waals surface area contributed by atoms with Gasteiger partial charge < -0.3 is 10.2 Å². The summed E-state index contributed by atoms with van der Waals surface area (Å²) in [5.41, 5.74) is 1.30. The second-order valence-corrected chi connectivity index (χ2v) is 6.25. The number of anilines is 2. The zero-order valence-electron chi connectivity index (χ0n) is 14.0. The van der Waals surface area contributed by atoms with Gasteiger partial charge in [0.1, 0.15) is 18.0 Å². The van der Waals surface area contributed by atoms with E-state index in [2.05, 4.69) is 47.9 Å². The van der Waals surface area contributed by atoms with E-state index in [1.54, 1.807) is 6.33 Å². The highest BCUT2D eigenvalue weighted by Gasteiger charge is 2.28. The topological polar surface area (TPSA) is 41.1 Å². The quantitative estimate of drug-likeness (QED) is 0.863. The zero-order chi connectivity index (χ0) is 15.2. The van der Waals surface area contributed by atoms with Crippen LogP contribution in [0.2, 0.25) is 0 Å². The Morgan fingerprint density at radius 1 is 1.24 bits per heavy atom. The molecule has 1 N–H and O–H groups in total. The van der Waals surface area contributed by atoms with Crippen molar-refractivity contribution in [3.63, 3.8) is 0 Å². The van der Waals surface area contributed by atoms with Gasteiger partial charge in [0.2, 0.25) is 0 Å². The van der Waals surface area contributed by atoms with Gasteiger partial charge in [0.25, 0.3) is 0 Å². The third-order valence-corrected chi connectivity index (χ3v) is 4.61. The molecule has 1 aliphatic heterocycles. The lowest BCUT2D eigenvalue weighted by atomic mass is 9.91. The van der Waals surface area contributed by atoms with Crippen molar-refractivity contribution in [2.24, 2.45) is 5.92 Å². The van der Waals surface area contributed by atoms with Gasteiger partial charge in [0.15, 0.2) is 0 Å². The molecule has 1 fully saturated rings. The molecule has 1 saturated heterocycles. The molecule has 4 nitrogen and oxygen atoms in total. The number of nitrogens with one attached hydrogen (secondary N) is 1. The predicted molar refractivity (Wildman–Crippen MR) is 90.0 cm³/mol. The summed E-state index contributed by atoms with van der Waals surface area (Å²) in [5.74, 6) is 2.92. The van der Waals surface area contributed by atoms with E-state index in [1.807, 2.05) is 0 Å². The minimum atomic E-state index is 0.559. The maximum absolute atomic E-state index is 4.65. The number of rotatable bonds is 6. The molecular formula is C17H30N4. The van der Waals surface area contributed by atoms with Crippen LogP contribution < -0.4 is 10.2 Å². The van der Waals surface area contributed by atoms with E-state index in [4.69, 9.17) is 0 Å². The Kier molecular flexibility index (Phi) is 5.83. The van der Waals surface area contributed by atoms with E-state index in [0.29, 0.717) is 6.04 Å². The second-order valence-electron chi connectivity index (χ2n) is 6.25. The molecule has 0 aliphatic carbocycles. The monoisotopic (exact) mass is 290 g/mol. The van der Waals surface area contributed by atoms with Crippen LogP contribution in [0.5, 0.6) is 0 Å². The molecule has 2 unspecified atom stereocenters. The highest BCUT2D eigenvalue weighted by molar-refractivity contribution is 5.59. The molecule has 2 heterocycles. The van der Waals surface area contributed by atoms with Gasteiger partial charge in [-0.1, -0.05) is 27.2 Å². The van der Waals surface area contributed by atoms with Gasteiger partial charge in [-0.05, 0) is 38.5 Å². The Balaban J connectivity index is 2.32. The van der Waals surface area contributed by atoms with Crippen LogP contribution in [-0.2, 0) is 6.42 Å². The SMILES string of the molecule is CCCNc1ncnc(N2CCCC(C)C2C)c1CCC. The fourth-order valence-corrected chi connectivity index (χ4v) is 3.16. The van der Waals surface area contributed by atoms with Gasteiger partial charge in [-0.25, -0.2) is 9.97 Å². The lowest BCUT2D eigenvalue weighted by Crippen LogP contribution is -2.43. The van der Waals surface area contributed by atoms with Crippen LogP contribution in [0.1, 0.15) is 58.9 Å². The molecule has 21 heavy (non-hydrogen) atoms. The summed E-state index contributed by atoms with van der Waals surface area (Å²) in [6, 6.07) is 0.559. The first-order valence-corrected chi connectivity index (χ1v) is 8.53. The van der Waals surface area contributed by atoms with Crippen LogP contribution in [0.3, 0.4) is 0 Å². The van der Waals surface area contributed by atoms with Crippen LogP contribution in [-0.4, -0.2) is 29.1 Å². The Morgan fingerprint density at radius 2 is 2.05 bits per heavy atom. The van der Waals surface area contributed by atoms with E-state index >= 15 is 0 Å². The number of aromatic nitrogens is 2. The Morgan fingerprint density at radius 3 is 2.76 bits per heavy atom. The Labute approximate surface area is 129 Å². The highest BCUT2D eigenvalue weighted by atomic mass is 15.2. The van der Waals surface area contributed by atoms with Crippen molar-refractivity contribution in [3.8, 4) is 0 Å². The zero-order valence-corrected chi connectivity index (χ0v) is 14.0. The van der Waals surface area contributed by atoms with E-state index in [1.165, 1.54) is 18.4 Å². The lowest BCUT2D eigenvalue weighted by molar-refractivity contribution is 0.361. The maximum Gasteiger partial charge on any atom is 0.137 e. The van der Waals surface area contributed by atoms with E-state index in [-0.39, 0.29) is 0 Å². The third kappa shape index (κ3) is 3.66. The average molecular weight is 290 g/mol. The van der Waals surface area contributed by atoms with Crippen molar-refractivity contribution in [2.45, 2.75) is 65.8 Å². The number of nitrogens with zero attached hydrogens (tertiary/aromatic N) is 3. The van der Waals surface area contributed by atoms with Gasteiger partial charge in [0, 0.05) is 24.7 Å². The minimum Gasteiger partial charge on any atom is -0.370 e. The van der Waals surface area contributed by atoms with Crippen molar-refractivity contribution in [2.75, 3.05) is 23.3 Å². The van der Waals surface area contributed by atoms with Gasteiger partial charge >= 0.3 is 0 Å². The van der Waals surface area contributed by atoms with Crippen LogP contribution >= 0.6 is 0 Å². The van der Waals surface area contributed by atoms with Gasteiger partial charge in [-0.2, -0.15) is 0 Å². The number of hydrogen-bond donors (Lipinski definition) is 1. The standard InChI is InChI=1S/C17H30N4/c1-5-8-15-16(18-10-6-2)19-12-20-17(15)21-11-7-9-13(3)14(21)4/h12-14H,5-11H2,1-4H3,(H,18,19,20). The Hall–Kier alpha value is -1.32. The Bertz CT molecular complexity index is 446. The molecule has 1 aromatic heterocycles. The fourth-order valence-electron chi connectivity index (χ4n) is 3.16. The predicted octanol–water partition coefficient (Wildman–Crippen LogP) is 3.88. The molecule has 118 valence electrons. The summed E-state index contributed by atoms with van der Waals surface area (Å²) in [6.45, 7) is 11.2. The first-order chi connectivity index (χ1) is 10.2. The van der Waals surface area contributed by atoms with Gasteiger partial charge in [-0.15, -0.1) is 0 Å². The fraction of sp³-hybridized carbons (Fsp3) is 0.765. The van der Waals surface area contributed by atoms with Crippen molar-refractivity contribution < 1.29 is 0 Å². The molecule has 1 aliphatic rings. The van der Waals surface area contributed by atoms with Crippen LogP contribution in [0.25, 0.3) is 0 Å². The number of hydrogen-bond acceptors (Lipinski definition) is 4. The minimum absolute atomic E-state index is 0.559. The second kappa shape index (κ2) is 7.62. The van der Waals surface area contributed by atoms with Crippen LogP contribution in [0, 0.1) is 5.92 Å². The smallest absolute Gasteiger partial charge is 0.137 e. The molecule has 2 rings (SSSR count). The highest BCUT2D eigenvalue weighted by Crippen LogP contribution is 2.32. The average Bonchev–Trinajstić information content (AvgIpc) is 2.49. The molecule has 0 saturated carbocycles. The summed E-state index contributed by atoms with van der Waals surface area (Å²) in [5, 5.41) is 3.48. The van der Waals surface area contributed by atoms with Crippen molar-refractivity contribution >= 4 is 11.6 Å². The summed E-state index contributed by atoms with van der Waals surface area (Å²) < 4.78 is 0. The number of piperidine rings is 1. The van der Waals surface area contributed by atoms with Crippen LogP contribution in [0.15, 0.2) is 6.33 Å². The normalized spacial score (nSPS) is 22.4. The third-order valence-electron chi connectivity index (χ3n) is 4.61. The van der Waals surface area contributed by atoms with Crippen molar-refractivity contribution in [3.05, 3.63) is 11.9 Å². The lowest BCUT2D eigenvalue weighted by Gasteiger charge is -2.39. The largest absolute Gasteiger partial charge is 0.370 e. The molecule has 0 spiro atoms. The molecule has 2 atom stereocenters. The molecule has 0 bridgehead atoms. The van der Waals surface area contributed by atoms with E-state index in [0.717, 1.165) is 49.9 Å². The van der Waals surface area contributed by atoms with E-state index < -0.39 is 0 Å². The van der Waals surface area contributed by atoms with Crippen molar-refractivity contribution in [1.29, 1.82) is 0 Å². The first kappa shape index (κ1) is 16.1. The molecule has 0 radical (unpaired) electrons. The van der Waals surface area contributed by atoms with Gasteiger partial charge in [0.05, 0.1) is 0 Å². The molecule has 1 aromatic rings. The van der Waals surface area contributed by atoms with Crippen LogP contribution in [0.4, 0.5) is 11.6 Å². The maximum atomic E-state index is 4.65. The molecule has 0 aromatic carbocycles. The summed E-state index contributed by atoms with van der Waals surface area (Å²) in [4.78, 5) is 11.6. The molecule has 0 amide bonds. The van der Waals surface area contributed by atoms with E-state index in [9.17, 15) is 0 Å². The summed E-state index contributed by atoms with van der Waals surface area (Å²) in [6.07, 6.45) is 7.59. The molecular weight excluding hydrogens is 260 g/mol. The first-order valence-electron chi connectivity index (χ1n) is 8.53. The molecule has 4 heteroatoms. The van der Waals surface area contributed by atoms with Gasteiger partial charge in [-0.3, -0.25) is 0 Å². The van der Waals surface area contributed by atoms with Crippen molar-refractivity contribution in [1.82, 2.24) is 9.97 Å². The summed E-state index contributed by atoms with van der Waals surface area (Å²) >= 11 is 0. The summed E-state index contributed by atoms with van der Waals surface area (Å²) in [7, 11) is 0.